The maximum absolute atomic E-state index is 5.87. The lowest BCUT2D eigenvalue weighted by Gasteiger charge is -2.12. The molecule has 0 aliphatic carbocycles. The zero-order valence-corrected chi connectivity index (χ0v) is 12.9. The van der Waals surface area contributed by atoms with Crippen LogP contribution in [-0.4, -0.2) is 6.54 Å². The molecule has 0 bridgehead atoms. The van der Waals surface area contributed by atoms with Crippen molar-refractivity contribution < 1.29 is 0 Å². The first-order chi connectivity index (χ1) is 9.08. The average molecular weight is 319 g/mol. The van der Waals surface area contributed by atoms with E-state index < -0.39 is 0 Å². The SMILES string of the molecule is Cc1cc(NCCc2ccccc2C)c(Br)cc1N. The van der Waals surface area contributed by atoms with Crippen LogP contribution < -0.4 is 11.1 Å². The molecule has 0 aliphatic rings. The third-order valence-electron chi connectivity index (χ3n) is 3.33. The van der Waals surface area contributed by atoms with Gasteiger partial charge in [0.15, 0.2) is 0 Å². The van der Waals surface area contributed by atoms with Gasteiger partial charge < -0.3 is 11.1 Å². The maximum atomic E-state index is 5.87. The molecule has 100 valence electrons. The van der Waals surface area contributed by atoms with E-state index in [2.05, 4.69) is 58.5 Å². The lowest BCUT2D eigenvalue weighted by Crippen LogP contribution is -2.07. The zero-order chi connectivity index (χ0) is 13.8. The number of hydrogen-bond acceptors (Lipinski definition) is 2. The molecule has 19 heavy (non-hydrogen) atoms. The van der Waals surface area contributed by atoms with Crippen LogP contribution in [0.1, 0.15) is 16.7 Å². The van der Waals surface area contributed by atoms with Crippen molar-refractivity contribution in [1.82, 2.24) is 0 Å². The Balaban J connectivity index is 2.00. The molecule has 0 aliphatic heterocycles. The lowest BCUT2D eigenvalue weighted by molar-refractivity contribution is 1.00. The molecule has 0 unspecified atom stereocenters. The Kier molecular flexibility index (Phi) is 4.48. The second-order valence-corrected chi connectivity index (χ2v) is 5.65. The summed E-state index contributed by atoms with van der Waals surface area (Å²) in [6.45, 7) is 5.08. The summed E-state index contributed by atoms with van der Waals surface area (Å²) in [6.07, 6.45) is 1.02. The van der Waals surface area contributed by atoms with Crippen molar-refractivity contribution in [2.75, 3.05) is 17.6 Å². The first-order valence-electron chi connectivity index (χ1n) is 6.42. The first-order valence-corrected chi connectivity index (χ1v) is 7.21. The Morgan fingerprint density at radius 1 is 1.11 bits per heavy atom. The van der Waals surface area contributed by atoms with Crippen LogP contribution in [0.25, 0.3) is 0 Å². The van der Waals surface area contributed by atoms with Crippen LogP contribution in [0.15, 0.2) is 40.9 Å². The number of nitrogen functional groups attached to an aromatic ring is 1. The van der Waals surface area contributed by atoms with Crippen LogP contribution in [0, 0.1) is 13.8 Å². The summed E-state index contributed by atoms with van der Waals surface area (Å²) in [4.78, 5) is 0. The van der Waals surface area contributed by atoms with Gasteiger partial charge in [-0.3, -0.25) is 0 Å². The number of anilines is 2. The maximum Gasteiger partial charge on any atom is 0.0488 e. The van der Waals surface area contributed by atoms with Crippen LogP contribution in [-0.2, 0) is 6.42 Å². The molecule has 3 heteroatoms. The van der Waals surface area contributed by atoms with Crippen molar-refractivity contribution in [3.8, 4) is 0 Å². The molecule has 0 fully saturated rings. The first kappa shape index (κ1) is 13.9. The molecule has 0 radical (unpaired) electrons. The van der Waals surface area contributed by atoms with E-state index in [1.165, 1.54) is 11.1 Å². The highest BCUT2D eigenvalue weighted by atomic mass is 79.9. The fourth-order valence-electron chi connectivity index (χ4n) is 2.05. The van der Waals surface area contributed by atoms with E-state index in [4.69, 9.17) is 5.73 Å². The van der Waals surface area contributed by atoms with Gasteiger partial charge in [-0.1, -0.05) is 24.3 Å². The van der Waals surface area contributed by atoms with Crippen LogP contribution >= 0.6 is 15.9 Å². The van der Waals surface area contributed by atoms with E-state index in [1.54, 1.807) is 0 Å². The molecular formula is C16H19BrN2. The normalized spacial score (nSPS) is 10.5. The molecule has 0 aromatic heterocycles. The minimum absolute atomic E-state index is 0.816. The number of nitrogens with one attached hydrogen (secondary N) is 1. The molecule has 2 nitrogen and oxygen atoms in total. The molecule has 0 atom stereocenters. The highest BCUT2D eigenvalue weighted by molar-refractivity contribution is 9.10. The summed E-state index contributed by atoms with van der Waals surface area (Å²) in [5.74, 6) is 0. The number of benzene rings is 2. The summed E-state index contributed by atoms with van der Waals surface area (Å²) >= 11 is 3.54. The van der Waals surface area contributed by atoms with Crippen LogP contribution in [0.3, 0.4) is 0 Å². The molecule has 0 heterocycles. The molecule has 3 N–H and O–H groups in total. The van der Waals surface area contributed by atoms with E-state index in [0.29, 0.717) is 0 Å². The Morgan fingerprint density at radius 3 is 2.58 bits per heavy atom. The van der Waals surface area contributed by atoms with E-state index in [1.807, 2.05) is 13.0 Å². The summed E-state index contributed by atoms with van der Waals surface area (Å²) in [5, 5.41) is 3.45. The second kappa shape index (κ2) is 6.11. The molecule has 0 spiro atoms. The highest BCUT2D eigenvalue weighted by Gasteiger charge is 2.03. The fourth-order valence-corrected chi connectivity index (χ4v) is 2.56. The van der Waals surface area contributed by atoms with Gasteiger partial charge in [0.25, 0.3) is 0 Å². The molecule has 2 aromatic rings. The number of halogens is 1. The van der Waals surface area contributed by atoms with Crippen molar-refractivity contribution >= 4 is 27.3 Å². The summed E-state index contributed by atoms with van der Waals surface area (Å²) in [6, 6.07) is 12.5. The van der Waals surface area contributed by atoms with E-state index in [9.17, 15) is 0 Å². The largest absolute Gasteiger partial charge is 0.398 e. The van der Waals surface area contributed by atoms with Crippen LogP contribution in [0.5, 0.6) is 0 Å². The van der Waals surface area contributed by atoms with Gasteiger partial charge in [-0.2, -0.15) is 0 Å². The van der Waals surface area contributed by atoms with Gasteiger partial charge in [0.05, 0.1) is 0 Å². The molecule has 0 amide bonds. The average Bonchev–Trinajstić information content (AvgIpc) is 2.38. The summed E-state index contributed by atoms with van der Waals surface area (Å²) in [5.41, 5.74) is 11.6. The highest BCUT2D eigenvalue weighted by Crippen LogP contribution is 2.27. The number of aryl methyl sites for hydroxylation is 2. The van der Waals surface area contributed by atoms with Gasteiger partial charge in [0.2, 0.25) is 0 Å². The topological polar surface area (TPSA) is 38.0 Å². The van der Waals surface area contributed by atoms with Crippen LogP contribution in [0.2, 0.25) is 0 Å². The van der Waals surface area contributed by atoms with Gasteiger partial charge >= 0.3 is 0 Å². The second-order valence-electron chi connectivity index (χ2n) is 4.79. The van der Waals surface area contributed by atoms with Crippen molar-refractivity contribution in [3.05, 3.63) is 57.6 Å². The van der Waals surface area contributed by atoms with Gasteiger partial charge in [-0.05, 0) is 65.0 Å². The molecule has 2 aromatic carbocycles. The predicted octanol–water partition coefficient (Wildman–Crippen LogP) is 4.30. The summed E-state index contributed by atoms with van der Waals surface area (Å²) < 4.78 is 1.01. The minimum Gasteiger partial charge on any atom is -0.398 e. The molecule has 2 rings (SSSR count). The minimum atomic E-state index is 0.816. The smallest absolute Gasteiger partial charge is 0.0488 e. The van der Waals surface area contributed by atoms with Crippen molar-refractivity contribution in [2.24, 2.45) is 0 Å². The van der Waals surface area contributed by atoms with Gasteiger partial charge in [-0.15, -0.1) is 0 Å². The van der Waals surface area contributed by atoms with E-state index >= 15 is 0 Å². The quantitative estimate of drug-likeness (QED) is 0.825. The van der Waals surface area contributed by atoms with Gasteiger partial charge in [0, 0.05) is 22.4 Å². The van der Waals surface area contributed by atoms with Crippen molar-refractivity contribution in [3.63, 3.8) is 0 Å². The number of rotatable bonds is 4. The summed E-state index contributed by atoms with van der Waals surface area (Å²) in [7, 11) is 0. The Bertz CT molecular complexity index is 579. The Morgan fingerprint density at radius 2 is 1.84 bits per heavy atom. The molecule has 0 saturated heterocycles. The van der Waals surface area contributed by atoms with Crippen LogP contribution in [0.4, 0.5) is 11.4 Å². The van der Waals surface area contributed by atoms with Crippen molar-refractivity contribution in [2.45, 2.75) is 20.3 Å². The Labute approximate surface area is 123 Å². The monoisotopic (exact) mass is 318 g/mol. The standard InChI is InChI=1S/C16H19BrN2/c1-11-5-3-4-6-13(11)7-8-19-16-9-12(2)15(18)10-14(16)17/h3-6,9-10,19H,7-8,18H2,1-2H3. The molecule has 0 saturated carbocycles. The third-order valence-corrected chi connectivity index (χ3v) is 3.98. The van der Waals surface area contributed by atoms with Gasteiger partial charge in [-0.25, -0.2) is 0 Å². The zero-order valence-electron chi connectivity index (χ0n) is 11.3. The number of hydrogen-bond donors (Lipinski definition) is 2. The van der Waals surface area contributed by atoms with E-state index in [-0.39, 0.29) is 0 Å². The van der Waals surface area contributed by atoms with Crippen molar-refractivity contribution in [1.29, 1.82) is 0 Å². The predicted molar refractivity (Wildman–Crippen MR) is 86.7 cm³/mol. The Hall–Kier alpha value is -1.48. The van der Waals surface area contributed by atoms with Gasteiger partial charge in [0.1, 0.15) is 0 Å². The van der Waals surface area contributed by atoms with E-state index in [0.717, 1.165) is 34.4 Å². The lowest BCUT2D eigenvalue weighted by atomic mass is 10.1. The number of nitrogens with two attached hydrogens (primary N) is 1. The fraction of sp³-hybridized carbons (Fsp3) is 0.250. The molecular weight excluding hydrogens is 300 g/mol. The third kappa shape index (κ3) is 3.51.